The maximum atomic E-state index is 11.7. The number of nitriles is 1. The summed E-state index contributed by atoms with van der Waals surface area (Å²) in [6.07, 6.45) is 0. The van der Waals surface area contributed by atoms with Gasteiger partial charge in [0.25, 0.3) is 5.56 Å². The Hall–Kier alpha value is -1.88. The molecule has 0 amide bonds. The quantitative estimate of drug-likeness (QED) is 0.648. The largest absolute Gasteiger partial charge is 0.329 e. The summed E-state index contributed by atoms with van der Waals surface area (Å²) in [6, 6.07) is 10.5. The fourth-order valence-corrected chi connectivity index (χ4v) is 2.25. The Labute approximate surface area is 116 Å². The number of benzene rings is 1. The molecule has 0 unspecified atom stereocenters. The molecule has 90 valence electrons. The van der Waals surface area contributed by atoms with Crippen LogP contribution in [0.15, 0.2) is 39.9 Å². The molecule has 0 saturated heterocycles. The number of halogens is 1. The van der Waals surface area contributed by atoms with Gasteiger partial charge >= 0.3 is 5.69 Å². The van der Waals surface area contributed by atoms with E-state index in [1.54, 1.807) is 24.3 Å². The molecule has 0 spiro atoms. The van der Waals surface area contributed by atoms with Crippen LogP contribution < -0.4 is 11.2 Å². The number of nitrogens with one attached hydrogen (secondary N) is 1. The van der Waals surface area contributed by atoms with Gasteiger partial charge in [-0.25, -0.2) is 4.79 Å². The number of hydrogen-bond donors (Lipinski definition) is 1. The van der Waals surface area contributed by atoms with Crippen LogP contribution in [0.1, 0.15) is 11.1 Å². The van der Waals surface area contributed by atoms with Crippen LogP contribution in [0, 0.1) is 15.0 Å². The number of aromatic nitrogens is 2. The fraction of sp³-hybridized carbons (Fsp3) is 0.0833. The van der Waals surface area contributed by atoms with Gasteiger partial charge in [-0.2, -0.15) is 5.26 Å². The molecule has 5 nitrogen and oxygen atoms in total. The molecule has 1 aromatic heterocycles. The highest BCUT2D eigenvalue weighted by atomic mass is 127. The molecular weight excluding hydrogens is 345 g/mol. The van der Waals surface area contributed by atoms with Crippen molar-refractivity contribution >= 4 is 22.6 Å². The molecule has 2 rings (SSSR count). The predicted octanol–water partition coefficient (Wildman–Crippen LogP) is 1.06. The topological polar surface area (TPSA) is 78.7 Å². The molecule has 0 saturated carbocycles. The molecule has 0 aliphatic rings. The molecule has 0 bridgehead atoms. The summed E-state index contributed by atoms with van der Waals surface area (Å²) >= 11 is 1.92. The van der Waals surface area contributed by atoms with Gasteiger partial charge in [-0.15, -0.1) is 0 Å². The summed E-state index contributed by atoms with van der Waals surface area (Å²) in [4.78, 5) is 25.0. The number of aromatic amines is 1. The van der Waals surface area contributed by atoms with E-state index in [0.29, 0.717) is 9.26 Å². The van der Waals surface area contributed by atoms with Gasteiger partial charge in [0, 0.05) is 6.07 Å². The number of H-pyrrole nitrogens is 1. The minimum Gasteiger partial charge on any atom is -0.284 e. The van der Waals surface area contributed by atoms with Crippen LogP contribution in [-0.2, 0) is 6.54 Å². The second-order valence-electron chi connectivity index (χ2n) is 3.62. The third-order valence-corrected chi connectivity index (χ3v) is 3.34. The average Bonchev–Trinajstić information content (AvgIpc) is 2.34. The van der Waals surface area contributed by atoms with Crippen molar-refractivity contribution in [3.8, 4) is 6.07 Å². The smallest absolute Gasteiger partial charge is 0.284 e. The SMILES string of the molecule is N#Cc1ccccc1Cn1c(I)cc(=O)[nH]c1=O. The van der Waals surface area contributed by atoms with E-state index in [1.807, 2.05) is 22.6 Å². The Kier molecular flexibility index (Phi) is 3.62. The van der Waals surface area contributed by atoms with Crippen molar-refractivity contribution in [1.82, 2.24) is 9.55 Å². The van der Waals surface area contributed by atoms with Gasteiger partial charge in [0.15, 0.2) is 0 Å². The van der Waals surface area contributed by atoms with Crippen LogP contribution in [-0.4, -0.2) is 9.55 Å². The lowest BCUT2D eigenvalue weighted by atomic mass is 10.1. The van der Waals surface area contributed by atoms with Gasteiger partial charge in [0.1, 0.15) is 0 Å². The van der Waals surface area contributed by atoms with Crippen LogP contribution in [0.25, 0.3) is 0 Å². The highest BCUT2D eigenvalue weighted by Crippen LogP contribution is 2.10. The Balaban J connectivity index is 2.51. The number of hydrogen-bond acceptors (Lipinski definition) is 3. The fourth-order valence-electron chi connectivity index (χ4n) is 1.58. The van der Waals surface area contributed by atoms with Crippen molar-refractivity contribution in [2.24, 2.45) is 0 Å². The maximum Gasteiger partial charge on any atom is 0.329 e. The first-order valence-corrected chi connectivity index (χ1v) is 6.17. The molecule has 0 aliphatic carbocycles. The Morgan fingerprint density at radius 3 is 2.72 bits per heavy atom. The van der Waals surface area contributed by atoms with E-state index in [-0.39, 0.29) is 6.54 Å². The summed E-state index contributed by atoms with van der Waals surface area (Å²) in [5, 5.41) is 8.98. The summed E-state index contributed by atoms with van der Waals surface area (Å²) in [7, 11) is 0. The Morgan fingerprint density at radius 1 is 1.33 bits per heavy atom. The van der Waals surface area contributed by atoms with Crippen LogP contribution in [0.3, 0.4) is 0 Å². The van der Waals surface area contributed by atoms with Crippen LogP contribution in [0.2, 0.25) is 0 Å². The summed E-state index contributed by atoms with van der Waals surface area (Å²) in [6.45, 7) is 0.262. The van der Waals surface area contributed by atoms with E-state index in [4.69, 9.17) is 5.26 Å². The highest BCUT2D eigenvalue weighted by Gasteiger charge is 2.07. The molecule has 18 heavy (non-hydrogen) atoms. The minimum atomic E-state index is -0.473. The standard InChI is InChI=1S/C12H8IN3O2/c13-10-5-11(17)15-12(18)16(10)7-9-4-2-1-3-8(9)6-14/h1-5H,7H2,(H,15,17,18). The van der Waals surface area contributed by atoms with Gasteiger partial charge in [-0.05, 0) is 34.2 Å². The first-order valence-electron chi connectivity index (χ1n) is 5.09. The molecule has 0 radical (unpaired) electrons. The van der Waals surface area contributed by atoms with Crippen molar-refractivity contribution in [2.45, 2.75) is 6.54 Å². The van der Waals surface area contributed by atoms with E-state index >= 15 is 0 Å². The zero-order valence-corrected chi connectivity index (χ0v) is 11.3. The highest BCUT2D eigenvalue weighted by molar-refractivity contribution is 14.1. The first-order chi connectivity index (χ1) is 8.61. The molecule has 1 N–H and O–H groups in total. The van der Waals surface area contributed by atoms with Gasteiger partial charge < -0.3 is 0 Å². The average molecular weight is 353 g/mol. The zero-order valence-electron chi connectivity index (χ0n) is 9.18. The van der Waals surface area contributed by atoms with E-state index in [0.717, 1.165) is 5.56 Å². The lowest BCUT2D eigenvalue weighted by Gasteiger charge is -2.08. The molecule has 1 heterocycles. The van der Waals surface area contributed by atoms with Gasteiger partial charge in [-0.3, -0.25) is 14.3 Å². The van der Waals surface area contributed by atoms with Gasteiger partial charge in [0.05, 0.1) is 21.9 Å². The normalized spacial score (nSPS) is 10.0. The lowest BCUT2D eigenvalue weighted by molar-refractivity contribution is 0.699. The van der Waals surface area contributed by atoms with Crippen molar-refractivity contribution in [3.63, 3.8) is 0 Å². The summed E-state index contributed by atoms with van der Waals surface area (Å²) in [5.74, 6) is 0. The number of rotatable bonds is 2. The second-order valence-corrected chi connectivity index (χ2v) is 4.72. The Morgan fingerprint density at radius 2 is 2.06 bits per heavy atom. The lowest BCUT2D eigenvalue weighted by Crippen LogP contribution is -2.31. The third kappa shape index (κ3) is 2.51. The van der Waals surface area contributed by atoms with Gasteiger partial charge in [0.2, 0.25) is 0 Å². The molecule has 0 atom stereocenters. The maximum absolute atomic E-state index is 11.7. The molecule has 0 fully saturated rings. The zero-order chi connectivity index (χ0) is 13.1. The molecule has 1 aromatic carbocycles. The molecule has 0 aliphatic heterocycles. The summed E-state index contributed by atoms with van der Waals surface area (Å²) in [5.41, 5.74) is 0.368. The third-order valence-electron chi connectivity index (χ3n) is 2.45. The van der Waals surface area contributed by atoms with Crippen LogP contribution in [0.4, 0.5) is 0 Å². The van der Waals surface area contributed by atoms with E-state index in [1.165, 1.54) is 10.6 Å². The Bertz CT molecular complexity index is 740. The monoisotopic (exact) mass is 353 g/mol. The van der Waals surface area contributed by atoms with Gasteiger partial charge in [-0.1, -0.05) is 18.2 Å². The van der Waals surface area contributed by atoms with Crippen LogP contribution in [0.5, 0.6) is 0 Å². The van der Waals surface area contributed by atoms with E-state index < -0.39 is 11.2 Å². The van der Waals surface area contributed by atoms with Crippen molar-refractivity contribution in [3.05, 3.63) is 66.0 Å². The first kappa shape index (κ1) is 12.6. The van der Waals surface area contributed by atoms with E-state index in [2.05, 4.69) is 11.1 Å². The van der Waals surface area contributed by atoms with Crippen molar-refractivity contribution < 1.29 is 0 Å². The van der Waals surface area contributed by atoms with Crippen LogP contribution >= 0.6 is 22.6 Å². The second kappa shape index (κ2) is 5.18. The molecular formula is C12H8IN3O2. The predicted molar refractivity (Wildman–Crippen MR) is 74.3 cm³/mol. The van der Waals surface area contributed by atoms with Crippen molar-refractivity contribution in [1.29, 1.82) is 5.26 Å². The minimum absolute atomic E-state index is 0.262. The summed E-state index contributed by atoms with van der Waals surface area (Å²) < 4.78 is 1.95. The van der Waals surface area contributed by atoms with E-state index in [9.17, 15) is 9.59 Å². The number of nitrogens with zero attached hydrogens (tertiary/aromatic N) is 2. The van der Waals surface area contributed by atoms with Crippen molar-refractivity contribution in [2.75, 3.05) is 0 Å². The molecule has 6 heteroatoms. The molecule has 2 aromatic rings.